The standard InChI is InChI=1S/C12H14N/c1-3-6-12-11-8-5-4-7-10(11)9(2)13-12/h4-5,7-8H,3,6H2,1-2H3. The van der Waals surface area contributed by atoms with Gasteiger partial charge in [0.1, 0.15) is 0 Å². The average molecular weight is 172 g/mol. The van der Waals surface area contributed by atoms with Gasteiger partial charge in [0.25, 0.3) is 0 Å². The van der Waals surface area contributed by atoms with Gasteiger partial charge in [-0.25, -0.2) is 0 Å². The second kappa shape index (κ2) is 3.25. The van der Waals surface area contributed by atoms with Crippen molar-refractivity contribution < 1.29 is 0 Å². The molecule has 0 unspecified atom stereocenters. The van der Waals surface area contributed by atoms with Crippen molar-refractivity contribution in [1.29, 1.82) is 0 Å². The lowest BCUT2D eigenvalue weighted by molar-refractivity contribution is 0.926. The third-order valence-electron chi connectivity index (χ3n) is 2.42. The molecule has 0 N–H and O–H groups in total. The summed E-state index contributed by atoms with van der Waals surface area (Å²) < 4.78 is 0. The summed E-state index contributed by atoms with van der Waals surface area (Å²) in [6, 6.07) is 8.48. The van der Waals surface area contributed by atoms with Crippen molar-refractivity contribution in [3.8, 4) is 0 Å². The SMILES string of the molecule is CCCC1=c2ccccc2=C(C)[N]1. The summed E-state index contributed by atoms with van der Waals surface area (Å²) in [5, 5.41) is 7.23. The first-order chi connectivity index (χ1) is 6.33. The molecule has 67 valence electrons. The van der Waals surface area contributed by atoms with E-state index in [1.165, 1.54) is 28.3 Å². The van der Waals surface area contributed by atoms with Crippen molar-refractivity contribution >= 4 is 11.4 Å². The average Bonchev–Trinajstić information content (AvgIpc) is 2.46. The van der Waals surface area contributed by atoms with E-state index in [2.05, 4.69) is 43.4 Å². The minimum absolute atomic E-state index is 1.09. The van der Waals surface area contributed by atoms with Crippen LogP contribution in [-0.2, 0) is 0 Å². The molecule has 1 aromatic rings. The van der Waals surface area contributed by atoms with Crippen LogP contribution in [0.3, 0.4) is 0 Å². The van der Waals surface area contributed by atoms with Crippen LogP contribution in [0.25, 0.3) is 11.4 Å². The van der Waals surface area contributed by atoms with Gasteiger partial charge in [0.2, 0.25) is 0 Å². The quantitative estimate of drug-likeness (QED) is 0.639. The minimum atomic E-state index is 1.09. The summed E-state index contributed by atoms with van der Waals surface area (Å²) in [5.41, 5.74) is 2.43. The largest absolute Gasteiger partial charge is 0.257 e. The number of hydrogen-bond donors (Lipinski definition) is 0. The molecular formula is C12H14N. The predicted octanol–water partition coefficient (Wildman–Crippen LogP) is 1.34. The van der Waals surface area contributed by atoms with Crippen molar-refractivity contribution in [3.05, 3.63) is 34.7 Å². The second-order valence-electron chi connectivity index (χ2n) is 3.44. The zero-order valence-corrected chi connectivity index (χ0v) is 8.17. The molecule has 0 amide bonds. The van der Waals surface area contributed by atoms with Crippen LogP contribution in [0.4, 0.5) is 0 Å². The second-order valence-corrected chi connectivity index (χ2v) is 3.44. The van der Waals surface area contributed by atoms with Crippen LogP contribution in [0.2, 0.25) is 0 Å². The number of hydrogen-bond acceptors (Lipinski definition) is 0. The van der Waals surface area contributed by atoms with Crippen molar-refractivity contribution in [2.24, 2.45) is 0 Å². The molecule has 2 rings (SSSR count). The lowest BCUT2D eigenvalue weighted by Crippen LogP contribution is -2.22. The molecule has 13 heavy (non-hydrogen) atoms. The first-order valence-electron chi connectivity index (χ1n) is 4.84. The third kappa shape index (κ3) is 1.35. The Morgan fingerprint density at radius 1 is 1.15 bits per heavy atom. The first-order valence-corrected chi connectivity index (χ1v) is 4.84. The predicted molar refractivity (Wildman–Crippen MR) is 55.2 cm³/mol. The van der Waals surface area contributed by atoms with Crippen LogP contribution in [0.5, 0.6) is 0 Å². The van der Waals surface area contributed by atoms with Crippen molar-refractivity contribution in [3.63, 3.8) is 0 Å². The summed E-state index contributed by atoms with van der Waals surface area (Å²) in [7, 11) is 0. The Kier molecular flexibility index (Phi) is 2.09. The summed E-state index contributed by atoms with van der Waals surface area (Å²) >= 11 is 0. The normalized spacial score (nSPS) is 14.3. The van der Waals surface area contributed by atoms with Gasteiger partial charge in [-0.1, -0.05) is 37.6 Å². The molecule has 1 radical (unpaired) electrons. The molecule has 1 aliphatic rings. The van der Waals surface area contributed by atoms with Gasteiger partial charge < -0.3 is 0 Å². The maximum atomic E-state index is 4.58. The highest BCUT2D eigenvalue weighted by atomic mass is 14.9. The topological polar surface area (TPSA) is 14.1 Å². The molecule has 0 saturated heterocycles. The molecule has 0 aliphatic carbocycles. The minimum Gasteiger partial charge on any atom is -0.257 e. The van der Waals surface area contributed by atoms with Crippen LogP contribution in [0, 0.1) is 0 Å². The highest BCUT2D eigenvalue weighted by Gasteiger charge is 2.08. The lowest BCUT2D eigenvalue weighted by Gasteiger charge is -1.99. The number of fused-ring (bicyclic) bond motifs is 1. The van der Waals surface area contributed by atoms with Crippen LogP contribution < -0.4 is 15.8 Å². The third-order valence-corrected chi connectivity index (χ3v) is 2.42. The van der Waals surface area contributed by atoms with Gasteiger partial charge in [-0.15, -0.1) is 0 Å². The molecule has 0 saturated carbocycles. The fourth-order valence-corrected chi connectivity index (χ4v) is 1.80. The Labute approximate surface area is 78.8 Å². The van der Waals surface area contributed by atoms with E-state index in [0.29, 0.717) is 0 Å². The van der Waals surface area contributed by atoms with E-state index in [1.54, 1.807) is 0 Å². The highest BCUT2D eigenvalue weighted by molar-refractivity contribution is 5.62. The van der Waals surface area contributed by atoms with Crippen molar-refractivity contribution in [2.75, 3.05) is 0 Å². The molecule has 0 atom stereocenters. The van der Waals surface area contributed by atoms with Crippen LogP contribution in [0.1, 0.15) is 26.7 Å². The smallest absolute Gasteiger partial charge is 0.0485 e. The van der Waals surface area contributed by atoms with Gasteiger partial charge >= 0.3 is 0 Å². The molecule has 0 fully saturated rings. The lowest BCUT2D eigenvalue weighted by atomic mass is 10.2. The number of benzene rings is 1. The zero-order chi connectivity index (χ0) is 9.26. The van der Waals surface area contributed by atoms with Gasteiger partial charge in [-0.3, -0.25) is 5.32 Å². The number of rotatable bonds is 2. The molecule has 1 heteroatoms. The van der Waals surface area contributed by atoms with Gasteiger partial charge in [0.05, 0.1) is 0 Å². The maximum absolute atomic E-state index is 4.58. The van der Waals surface area contributed by atoms with Crippen molar-refractivity contribution in [1.82, 2.24) is 5.32 Å². The van der Waals surface area contributed by atoms with Gasteiger partial charge in [-0.2, -0.15) is 0 Å². The zero-order valence-electron chi connectivity index (χ0n) is 8.17. The Bertz CT molecular complexity index is 429. The molecule has 1 aliphatic heterocycles. The molecule has 1 nitrogen and oxygen atoms in total. The highest BCUT2D eigenvalue weighted by Crippen LogP contribution is 2.07. The van der Waals surface area contributed by atoms with Crippen LogP contribution >= 0.6 is 0 Å². The molecule has 0 bridgehead atoms. The van der Waals surface area contributed by atoms with E-state index in [1.807, 2.05) is 0 Å². The molecular weight excluding hydrogens is 158 g/mol. The summed E-state index contributed by atoms with van der Waals surface area (Å²) in [6.07, 6.45) is 2.26. The van der Waals surface area contributed by atoms with E-state index < -0.39 is 0 Å². The van der Waals surface area contributed by atoms with E-state index >= 15 is 0 Å². The van der Waals surface area contributed by atoms with Gasteiger partial charge in [0.15, 0.2) is 0 Å². The van der Waals surface area contributed by atoms with E-state index in [-0.39, 0.29) is 0 Å². The van der Waals surface area contributed by atoms with E-state index in [0.717, 1.165) is 6.42 Å². The molecule has 1 aromatic carbocycles. The maximum Gasteiger partial charge on any atom is 0.0485 e. The summed E-state index contributed by atoms with van der Waals surface area (Å²) in [4.78, 5) is 0. The summed E-state index contributed by atoms with van der Waals surface area (Å²) in [5.74, 6) is 0. The first kappa shape index (κ1) is 8.36. The van der Waals surface area contributed by atoms with Gasteiger partial charge in [-0.05, 0) is 13.3 Å². The fraction of sp³-hybridized carbons (Fsp3) is 0.333. The number of nitrogens with zero attached hydrogens (tertiary/aromatic N) is 1. The monoisotopic (exact) mass is 172 g/mol. The van der Waals surface area contributed by atoms with Crippen LogP contribution in [0.15, 0.2) is 24.3 Å². The Balaban J connectivity index is 2.65. The van der Waals surface area contributed by atoms with E-state index in [4.69, 9.17) is 0 Å². The molecule has 1 heterocycles. The van der Waals surface area contributed by atoms with E-state index in [9.17, 15) is 0 Å². The fourth-order valence-electron chi connectivity index (χ4n) is 1.80. The Morgan fingerprint density at radius 2 is 1.85 bits per heavy atom. The molecule has 0 aromatic heterocycles. The molecule has 0 spiro atoms. The Morgan fingerprint density at radius 3 is 2.54 bits per heavy atom. The summed E-state index contributed by atoms with van der Waals surface area (Å²) in [6.45, 7) is 4.28. The van der Waals surface area contributed by atoms with Gasteiger partial charge in [0, 0.05) is 21.8 Å². The Hall–Kier alpha value is -1.24. The van der Waals surface area contributed by atoms with Crippen LogP contribution in [-0.4, -0.2) is 0 Å². The van der Waals surface area contributed by atoms with Crippen molar-refractivity contribution in [2.45, 2.75) is 26.7 Å².